The summed E-state index contributed by atoms with van der Waals surface area (Å²) in [7, 11) is 0. The number of allylic oxidation sites excluding steroid dienone is 1. The zero-order valence-electron chi connectivity index (χ0n) is 20.9. The van der Waals surface area contributed by atoms with Crippen molar-refractivity contribution in [2.75, 3.05) is 6.61 Å². The molecule has 2 aromatic heterocycles. The Morgan fingerprint density at radius 3 is 2.47 bits per heavy atom. The molecule has 0 aliphatic carbocycles. The zero-order chi connectivity index (χ0) is 27.0. The van der Waals surface area contributed by atoms with Crippen molar-refractivity contribution in [2.24, 2.45) is 4.99 Å². The molecule has 0 unspecified atom stereocenters. The van der Waals surface area contributed by atoms with E-state index in [2.05, 4.69) is 4.99 Å². The molecule has 0 amide bonds. The number of carbonyl (C=O) groups excluding carboxylic acids is 2. The minimum atomic E-state index is -0.819. The van der Waals surface area contributed by atoms with Crippen molar-refractivity contribution in [3.63, 3.8) is 0 Å². The van der Waals surface area contributed by atoms with Crippen LogP contribution in [0, 0.1) is 5.82 Å². The first-order chi connectivity index (χ1) is 18.3. The van der Waals surface area contributed by atoms with Gasteiger partial charge in [-0.15, -0.1) is 0 Å². The van der Waals surface area contributed by atoms with E-state index in [1.165, 1.54) is 35.0 Å². The van der Waals surface area contributed by atoms with Crippen molar-refractivity contribution in [3.8, 4) is 11.3 Å². The van der Waals surface area contributed by atoms with Gasteiger partial charge in [0.25, 0.3) is 5.56 Å². The van der Waals surface area contributed by atoms with Gasteiger partial charge >= 0.3 is 5.97 Å². The third kappa shape index (κ3) is 4.68. The van der Waals surface area contributed by atoms with Gasteiger partial charge in [-0.25, -0.2) is 14.2 Å². The van der Waals surface area contributed by atoms with Gasteiger partial charge in [0.05, 0.1) is 28.5 Å². The number of Topliss-reactive ketones (excluding diaryl/α,β-unsaturated/α-hetero) is 1. The fraction of sp³-hybridized carbons (Fsp3) is 0.172. The Kier molecular flexibility index (Phi) is 6.77. The highest BCUT2D eigenvalue weighted by molar-refractivity contribution is 7.07. The molecular formula is C29H23FN2O5S. The van der Waals surface area contributed by atoms with E-state index in [0.29, 0.717) is 37.7 Å². The largest absolute Gasteiger partial charge is 0.463 e. The van der Waals surface area contributed by atoms with Gasteiger partial charge in [-0.3, -0.25) is 14.2 Å². The maximum absolute atomic E-state index is 13.7. The third-order valence-electron chi connectivity index (χ3n) is 6.18. The summed E-state index contributed by atoms with van der Waals surface area (Å²) in [6, 6.07) is 15.5. The van der Waals surface area contributed by atoms with E-state index in [4.69, 9.17) is 9.15 Å². The van der Waals surface area contributed by atoms with Gasteiger partial charge in [0.1, 0.15) is 17.3 Å². The lowest BCUT2D eigenvalue weighted by Gasteiger charge is -2.24. The second kappa shape index (κ2) is 10.2. The number of thiazole rings is 1. The molecule has 7 nitrogen and oxygen atoms in total. The van der Waals surface area contributed by atoms with E-state index in [0.717, 1.165) is 5.56 Å². The van der Waals surface area contributed by atoms with Gasteiger partial charge in [0.2, 0.25) is 0 Å². The van der Waals surface area contributed by atoms with E-state index in [-0.39, 0.29) is 23.5 Å². The van der Waals surface area contributed by atoms with E-state index in [9.17, 15) is 18.8 Å². The Morgan fingerprint density at radius 1 is 1.11 bits per heavy atom. The minimum Gasteiger partial charge on any atom is -0.463 e. The van der Waals surface area contributed by atoms with Crippen LogP contribution >= 0.6 is 11.3 Å². The van der Waals surface area contributed by atoms with Crippen molar-refractivity contribution in [1.82, 2.24) is 4.57 Å². The molecule has 0 spiro atoms. The Balaban J connectivity index is 1.59. The van der Waals surface area contributed by atoms with Crippen molar-refractivity contribution >= 4 is 29.2 Å². The highest BCUT2D eigenvalue weighted by Gasteiger charge is 2.33. The SMILES string of the molecule is CCOC(=O)C1=C(C)N=c2s/c(=C\c3ccc(-c4ccc(C(C)=O)cc4)o3)c(=O)n2[C@H]1c1ccc(F)cc1. The molecule has 9 heteroatoms. The molecule has 0 fully saturated rings. The van der Waals surface area contributed by atoms with Crippen LogP contribution in [0.3, 0.4) is 0 Å². The summed E-state index contributed by atoms with van der Waals surface area (Å²) < 4.78 is 26.7. The molecule has 192 valence electrons. The number of benzene rings is 2. The van der Waals surface area contributed by atoms with Crippen molar-refractivity contribution < 1.29 is 23.1 Å². The summed E-state index contributed by atoms with van der Waals surface area (Å²) in [5.41, 5.74) is 2.26. The molecule has 0 radical (unpaired) electrons. The first kappa shape index (κ1) is 25.3. The molecule has 3 heterocycles. The van der Waals surface area contributed by atoms with Gasteiger partial charge in [-0.05, 0) is 50.6 Å². The number of ether oxygens (including phenoxy) is 1. The Morgan fingerprint density at radius 2 is 1.82 bits per heavy atom. The molecule has 0 saturated heterocycles. The Hall–Kier alpha value is -4.37. The highest BCUT2D eigenvalue weighted by atomic mass is 32.1. The molecule has 4 aromatic rings. The van der Waals surface area contributed by atoms with E-state index in [1.54, 1.807) is 68.5 Å². The molecular weight excluding hydrogens is 507 g/mol. The lowest BCUT2D eigenvalue weighted by atomic mass is 9.96. The Bertz CT molecular complexity index is 1760. The van der Waals surface area contributed by atoms with E-state index >= 15 is 0 Å². The van der Waals surface area contributed by atoms with Crippen molar-refractivity contribution in [3.05, 3.63) is 114 Å². The van der Waals surface area contributed by atoms with Crippen LogP contribution in [0.4, 0.5) is 4.39 Å². The molecule has 38 heavy (non-hydrogen) atoms. The van der Waals surface area contributed by atoms with Crippen LogP contribution in [0.2, 0.25) is 0 Å². The van der Waals surface area contributed by atoms with Crippen LogP contribution in [0.1, 0.15) is 48.5 Å². The maximum atomic E-state index is 13.7. The number of nitrogens with zero attached hydrogens (tertiary/aromatic N) is 2. The van der Waals surface area contributed by atoms with Crippen molar-refractivity contribution in [1.29, 1.82) is 0 Å². The smallest absolute Gasteiger partial charge is 0.338 e. The number of fused-ring (bicyclic) bond motifs is 1. The molecule has 0 bridgehead atoms. The monoisotopic (exact) mass is 530 g/mol. The van der Waals surface area contributed by atoms with E-state index < -0.39 is 17.8 Å². The van der Waals surface area contributed by atoms with Gasteiger partial charge in [0, 0.05) is 17.2 Å². The zero-order valence-corrected chi connectivity index (χ0v) is 21.7. The maximum Gasteiger partial charge on any atom is 0.338 e. The van der Waals surface area contributed by atoms with Gasteiger partial charge in [-0.1, -0.05) is 47.7 Å². The second-order valence-electron chi connectivity index (χ2n) is 8.69. The summed E-state index contributed by atoms with van der Waals surface area (Å²) in [5.74, 6) is 0.0182. The van der Waals surface area contributed by atoms with Crippen LogP contribution < -0.4 is 14.9 Å². The third-order valence-corrected chi connectivity index (χ3v) is 7.16. The number of aromatic nitrogens is 1. The first-order valence-corrected chi connectivity index (χ1v) is 12.7. The van der Waals surface area contributed by atoms with E-state index in [1.807, 2.05) is 0 Å². The average molecular weight is 531 g/mol. The van der Waals surface area contributed by atoms with Gasteiger partial charge in [-0.2, -0.15) is 0 Å². The summed E-state index contributed by atoms with van der Waals surface area (Å²) >= 11 is 1.17. The fourth-order valence-electron chi connectivity index (χ4n) is 4.34. The lowest BCUT2D eigenvalue weighted by Crippen LogP contribution is -2.39. The number of hydrogen-bond acceptors (Lipinski definition) is 7. The number of esters is 1. The number of halogens is 1. The quantitative estimate of drug-likeness (QED) is 0.272. The van der Waals surface area contributed by atoms with Crippen LogP contribution in [0.5, 0.6) is 0 Å². The number of rotatable bonds is 6. The lowest BCUT2D eigenvalue weighted by molar-refractivity contribution is -0.139. The predicted molar refractivity (Wildman–Crippen MR) is 141 cm³/mol. The summed E-state index contributed by atoms with van der Waals surface area (Å²) in [6.07, 6.45) is 1.63. The van der Waals surface area contributed by atoms with Crippen LogP contribution in [0.25, 0.3) is 17.4 Å². The second-order valence-corrected chi connectivity index (χ2v) is 9.70. The number of carbonyl (C=O) groups is 2. The fourth-order valence-corrected chi connectivity index (χ4v) is 5.36. The van der Waals surface area contributed by atoms with Gasteiger partial charge in [0.15, 0.2) is 10.6 Å². The summed E-state index contributed by atoms with van der Waals surface area (Å²) in [4.78, 5) is 43.0. The minimum absolute atomic E-state index is 0.0210. The summed E-state index contributed by atoms with van der Waals surface area (Å²) in [6.45, 7) is 5.06. The van der Waals surface area contributed by atoms with Gasteiger partial charge < -0.3 is 9.15 Å². The molecule has 1 aliphatic rings. The number of hydrogen-bond donors (Lipinski definition) is 0. The topological polar surface area (TPSA) is 90.9 Å². The number of furan rings is 1. The average Bonchev–Trinajstić information content (AvgIpc) is 3.48. The van der Waals surface area contributed by atoms with Crippen LogP contribution in [-0.4, -0.2) is 22.9 Å². The van der Waals surface area contributed by atoms with Crippen molar-refractivity contribution in [2.45, 2.75) is 26.8 Å². The molecule has 5 rings (SSSR count). The first-order valence-electron chi connectivity index (χ1n) is 11.9. The molecule has 0 N–H and O–H groups in total. The standard InChI is InChI=1S/C29H23FN2O5S/c1-4-36-28(35)25-16(2)31-29-32(26(25)20-9-11-21(30)12-10-20)27(34)24(38-29)15-22-13-14-23(37-22)19-7-5-18(6-8-19)17(3)33/h5-15,26H,4H2,1-3H3/b24-15-/t26-/m0/s1. The molecule has 1 aliphatic heterocycles. The Labute approximate surface area is 220 Å². The highest BCUT2D eigenvalue weighted by Crippen LogP contribution is 2.31. The predicted octanol–water partition coefficient (Wildman–Crippen LogP) is 4.40. The normalized spacial score (nSPS) is 15.3. The molecule has 2 aromatic carbocycles. The summed E-state index contributed by atoms with van der Waals surface area (Å²) in [5, 5.41) is 0. The van der Waals surface area contributed by atoms with Crippen LogP contribution in [-0.2, 0) is 9.53 Å². The molecule has 1 atom stereocenters. The van der Waals surface area contributed by atoms with Crippen LogP contribution in [0.15, 0.2) is 86.1 Å². The molecule has 0 saturated carbocycles. The number of ketones is 1.